The maximum absolute atomic E-state index is 11.5. The highest BCUT2D eigenvalue weighted by Gasteiger charge is 2.49. The molecular formula is C17H24O4. The lowest BCUT2D eigenvalue weighted by molar-refractivity contribution is -0.140. The summed E-state index contributed by atoms with van der Waals surface area (Å²) in [6, 6.07) is 0. The van der Waals surface area contributed by atoms with Crippen LogP contribution in [0.3, 0.4) is 0 Å². The highest BCUT2D eigenvalue weighted by molar-refractivity contribution is 5.91. The van der Waals surface area contributed by atoms with Gasteiger partial charge >= 0.3 is 11.9 Å². The Balaban J connectivity index is 1.73. The number of allylic oxidation sites excluding steroid dienone is 1. The van der Waals surface area contributed by atoms with Crippen LogP contribution in [0, 0.1) is 17.3 Å². The molecule has 3 aliphatic rings. The summed E-state index contributed by atoms with van der Waals surface area (Å²) in [6.07, 6.45) is 7.54. The summed E-state index contributed by atoms with van der Waals surface area (Å²) >= 11 is 0. The predicted octanol–water partition coefficient (Wildman–Crippen LogP) is 3.03. The maximum Gasteiger partial charge on any atom is 0.331 e. The number of esters is 2. The van der Waals surface area contributed by atoms with Crippen LogP contribution in [0.25, 0.3) is 0 Å². The summed E-state index contributed by atoms with van der Waals surface area (Å²) in [5.41, 5.74) is 1.60. The fraction of sp³-hybridized carbons (Fsp3) is 0.647. The van der Waals surface area contributed by atoms with Crippen LogP contribution in [0.5, 0.6) is 0 Å². The van der Waals surface area contributed by atoms with Crippen LogP contribution in [0.1, 0.15) is 40.0 Å². The smallest absolute Gasteiger partial charge is 0.331 e. The fourth-order valence-corrected chi connectivity index (χ4v) is 3.06. The Morgan fingerprint density at radius 2 is 1.95 bits per heavy atom. The summed E-state index contributed by atoms with van der Waals surface area (Å²) in [4.78, 5) is 22.7. The van der Waals surface area contributed by atoms with Crippen LogP contribution in [0.4, 0.5) is 0 Å². The van der Waals surface area contributed by atoms with Crippen molar-refractivity contribution in [2.24, 2.45) is 17.3 Å². The first-order chi connectivity index (χ1) is 9.93. The second-order valence-electron chi connectivity index (χ2n) is 6.50. The van der Waals surface area contributed by atoms with E-state index >= 15 is 0 Å². The maximum atomic E-state index is 11.5. The second kappa shape index (κ2) is 6.46. The van der Waals surface area contributed by atoms with E-state index in [9.17, 15) is 9.59 Å². The van der Waals surface area contributed by atoms with Crippen LogP contribution in [-0.4, -0.2) is 25.2 Å². The molecule has 4 nitrogen and oxygen atoms in total. The van der Waals surface area contributed by atoms with Gasteiger partial charge in [-0.2, -0.15) is 0 Å². The monoisotopic (exact) mass is 292 g/mol. The van der Waals surface area contributed by atoms with E-state index in [4.69, 9.17) is 9.47 Å². The Bertz CT molecular complexity index is 473. The quantitative estimate of drug-likeness (QED) is 0.429. The molecule has 0 heterocycles. The molecule has 0 aromatic carbocycles. The minimum absolute atomic E-state index is 0.330. The molecule has 2 unspecified atom stereocenters. The molecule has 21 heavy (non-hydrogen) atoms. The van der Waals surface area contributed by atoms with E-state index in [0.717, 1.165) is 25.0 Å². The molecule has 0 spiro atoms. The van der Waals surface area contributed by atoms with Gasteiger partial charge in [-0.3, -0.25) is 0 Å². The molecule has 4 heteroatoms. The lowest BCUT2D eigenvalue weighted by Crippen LogP contribution is -2.47. The number of hydrogen-bond donors (Lipinski definition) is 0. The average molecular weight is 292 g/mol. The van der Waals surface area contributed by atoms with Crippen LogP contribution in [0.2, 0.25) is 0 Å². The number of rotatable bonds is 6. The molecule has 0 aliphatic heterocycles. The lowest BCUT2D eigenvalue weighted by atomic mass is 9.50. The van der Waals surface area contributed by atoms with E-state index in [1.807, 2.05) is 6.92 Å². The Morgan fingerprint density at radius 1 is 1.29 bits per heavy atom. The van der Waals surface area contributed by atoms with Crippen LogP contribution < -0.4 is 0 Å². The van der Waals surface area contributed by atoms with Crippen molar-refractivity contribution >= 4 is 11.9 Å². The topological polar surface area (TPSA) is 52.6 Å². The highest BCUT2D eigenvalue weighted by atomic mass is 16.5. The van der Waals surface area contributed by atoms with Gasteiger partial charge in [0.05, 0.1) is 6.61 Å². The molecule has 0 amide bonds. The van der Waals surface area contributed by atoms with Gasteiger partial charge < -0.3 is 9.47 Å². The Morgan fingerprint density at radius 3 is 2.48 bits per heavy atom. The van der Waals surface area contributed by atoms with Crippen molar-refractivity contribution in [2.75, 3.05) is 13.2 Å². The van der Waals surface area contributed by atoms with Gasteiger partial charge in [0.2, 0.25) is 0 Å². The van der Waals surface area contributed by atoms with E-state index in [1.54, 1.807) is 0 Å². The summed E-state index contributed by atoms with van der Waals surface area (Å²) in [7, 11) is 0. The summed E-state index contributed by atoms with van der Waals surface area (Å²) in [5.74, 6) is 0.321. The minimum atomic E-state index is -0.506. The molecule has 1 fully saturated rings. The molecule has 0 radical (unpaired) electrons. The van der Waals surface area contributed by atoms with E-state index in [0.29, 0.717) is 30.5 Å². The van der Waals surface area contributed by atoms with E-state index in [-0.39, 0.29) is 0 Å². The van der Waals surface area contributed by atoms with E-state index < -0.39 is 11.9 Å². The predicted molar refractivity (Wildman–Crippen MR) is 79.4 cm³/mol. The van der Waals surface area contributed by atoms with Gasteiger partial charge in [0.15, 0.2) is 0 Å². The summed E-state index contributed by atoms with van der Waals surface area (Å²) in [6.45, 7) is 7.21. The average Bonchev–Trinajstić information content (AvgIpc) is 2.48. The van der Waals surface area contributed by atoms with Crippen molar-refractivity contribution in [3.8, 4) is 0 Å². The van der Waals surface area contributed by atoms with Crippen molar-refractivity contribution in [1.29, 1.82) is 0 Å². The van der Waals surface area contributed by atoms with Crippen molar-refractivity contribution in [3.05, 3.63) is 23.8 Å². The SMILES string of the molecule is CCCOC(=O)/C=C/C(=O)OCC1=CC2CC(C1)C2(C)C. The van der Waals surface area contributed by atoms with Crippen LogP contribution in [0.15, 0.2) is 23.8 Å². The molecule has 1 saturated carbocycles. The zero-order valence-electron chi connectivity index (χ0n) is 13.1. The standard InChI is InChI=1S/C17H24O4/c1-4-7-20-15(18)5-6-16(19)21-11-12-8-13-10-14(9-12)17(13,2)3/h5-6,8,13-14H,4,7,9-11H2,1-3H3/b6-5+. The number of hydrogen-bond acceptors (Lipinski definition) is 4. The molecule has 3 rings (SSSR count). The van der Waals surface area contributed by atoms with Crippen LogP contribution >= 0.6 is 0 Å². The highest BCUT2D eigenvalue weighted by Crippen LogP contribution is 2.57. The first-order valence-corrected chi connectivity index (χ1v) is 7.64. The summed E-state index contributed by atoms with van der Waals surface area (Å²) in [5, 5.41) is 0. The van der Waals surface area contributed by atoms with Gasteiger partial charge in [-0.05, 0) is 42.1 Å². The Labute approximate surface area is 126 Å². The molecule has 116 valence electrons. The van der Waals surface area contributed by atoms with Crippen molar-refractivity contribution < 1.29 is 19.1 Å². The van der Waals surface area contributed by atoms with Gasteiger partial charge in [0.25, 0.3) is 0 Å². The number of fused-ring (bicyclic) bond motifs is 1. The van der Waals surface area contributed by atoms with Crippen molar-refractivity contribution in [2.45, 2.75) is 40.0 Å². The molecule has 0 aromatic rings. The first kappa shape index (κ1) is 15.8. The second-order valence-corrected chi connectivity index (χ2v) is 6.50. The molecule has 0 aromatic heterocycles. The Kier molecular flexibility index (Phi) is 4.86. The van der Waals surface area contributed by atoms with Crippen molar-refractivity contribution in [3.63, 3.8) is 0 Å². The van der Waals surface area contributed by atoms with E-state index in [1.165, 1.54) is 12.0 Å². The number of carbonyl (C=O) groups excluding carboxylic acids is 2. The first-order valence-electron chi connectivity index (χ1n) is 7.64. The molecule has 0 N–H and O–H groups in total. The molecule has 0 saturated heterocycles. The van der Waals surface area contributed by atoms with Gasteiger partial charge in [-0.25, -0.2) is 9.59 Å². The van der Waals surface area contributed by atoms with Gasteiger partial charge in [0, 0.05) is 12.2 Å². The molecular weight excluding hydrogens is 268 g/mol. The third kappa shape index (κ3) is 3.74. The fourth-order valence-electron chi connectivity index (χ4n) is 3.06. The zero-order chi connectivity index (χ0) is 15.5. The van der Waals surface area contributed by atoms with Gasteiger partial charge in [-0.1, -0.05) is 26.8 Å². The van der Waals surface area contributed by atoms with E-state index in [2.05, 4.69) is 19.9 Å². The van der Waals surface area contributed by atoms with Crippen LogP contribution in [-0.2, 0) is 19.1 Å². The zero-order valence-corrected chi connectivity index (χ0v) is 13.1. The number of ether oxygens (including phenoxy) is 2. The molecule has 3 aliphatic carbocycles. The minimum Gasteiger partial charge on any atom is -0.463 e. The molecule has 2 atom stereocenters. The summed E-state index contributed by atoms with van der Waals surface area (Å²) < 4.78 is 10.0. The van der Waals surface area contributed by atoms with Gasteiger partial charge in [0.1, 0.15) is 6.61 Å². The number of carbonyl (C=O) groups is 2. The lowest BCUT2D eigenvalue weighted by Gasteiger charge is -2.55. The third-order valence-corrected chi connectivity index (χ3v) is 4.70. The largest absolute Gasteiger partial charge is 0.463 e. The normalized spacial score (nSPS) is 26.0. The third-order valence-electron chi connectivity index (χ3n) is 4.70. The van der Waals surface area contributed by atoms with Crippen molar-refractivity contribution in [1.82, 2.24) is 0 Å². The molecule has 2 bridgehead atoms. The Hall–Kier alpha value is -1.58. The van der Waals surface area contributed by atoms with Gasteiger partial charge in [-0.15, -0.1) is 0 Å².